The summed E-state index contributed by atoms with van der Waals surface area (Å²) >= 11 is 0. The zero-order chi connectivity index (χ0) is 13.2. The molecule has 1 heterocycles. The highest BCUT2D eigenvalue weighted by atomic mass is 16.5. The lowest BCUT2D eigenvalue weighted by Crippen LogP contribution is -2.59. The van der Waals surface area contributed by atoms with Crippen LogP contribution in [0.2, 0.25) is 0 Å². The van der Waals surface area contributed by atoms with Gasteiger partial charge in [0.2, 0.25) is 5.91 Å². The van der Waals surface area contributed by atoms with Crippen LogP contribution in [0.15, 0.2) is 0 Å². The lowest BCUT2D eigenvalue weighted by atomic mass is 10.0. The van der Waals surface area contributed by atoms with Crippen LogP contribution in [-0.2, 0) is 9.53 Å². The van der Waals surface area contributed by atoms with Gasteiger partial charge < -0.3 is 20.1 Å². The molecule has 0 bridgehead atoms. The van der Waals surface area contributed by atoms with E-state index in [1.165, 1.54) is 0 Å². The highest BCUT2D eigenvalue weighted by Gasteiger charge is 2.35. The van der Waals surface area contributed by atoms with Crippen molar-refractivity contribution in [3.05, 3.63) is 0 Å². The molecule has 5 heteroatoms. The highest BCUT2D eigenvalue weighted by molar-refractivity contribution is 5.77. The van der Waals surface area contributed by atoms with Crippen LogP contribution in [0.3, 0.4) is 0 Å². The van der Waals surface area contributed by atoms with Crippen molar-refractivity contribution in [2.24, 2.45) is 0 Å². The minimum absolute atomic E-state index is 0.0524. The molecular weight excluding hydrogens is 232 g/mol. The Bertz CT molecular complexity index is 309. The number of likely N-dealkylation sites (N-methyl/N-ethyl adjacent to an activating group) is 1. The number of nitrogens with one attached hydrogen (secondary N) is 1. The number of hydrogen-bond acceptors (Lipinski definition) is 4. The molecule has 0 aromatic rings. The number of carbonyl (C=O) groups excluding carboxylic acids is 1. The highest BCUT2D eigenvalue weighted by Crippen LogP contribution is 2.29. The van der Waals surface area contributed by atoms with E-state index >= 15 is 0 Å². The molecule has 2 aliphatic rings. The van der Waals surface area contributed by atoms with E-state index in [1.807, 2.05) is 6.92 Å². The van der Waals surface area contributed by atoms with Gasteiger partial charge in [0.15, 0.2) is 0 Å². The van der Waals surface area contributed by atoms with Gasteiger partial charge >= 0.3 is 0 Å². The molecule has 2 rings (SSSR count). The molecule has 0 aromatic carbocycles. The number of rotatable bonds is 5. The third kappa shape index (κ3) is 3.22. The summed E-state index contributed by atoms with van der Waals surface area (Å²) in [7, 11) is 1.74. The predicted octanol–water partition coefficient (Wildman–Crippen LogP) is 0.128. The topological polar surface area (TPSA) is 61.8 Å². The number of nitrogens with zero attached hydrogens (tertiary/aromatic N) is 1. The Morgan fingerprint density at radius 2 is 2.00 bits per heavy atom. The molecule has 1 amide bonds. The van der Waals surface area contributed by atoms with Gasteiger partial charge in [-0.1, -0.05) is 12.8 Å². The van der Waals surface area contributed by atoms with Gasteiger partial charge in [0.05, 0.1) is 11.2 Å². The normalized spacial score (nSPS) is 24.6. The van der Waals surface area contributed by atoms with Crippen LogP contribution in [0.4, 0.5) is 0 Å². The summed E-state index contributed by atoms with van der Waals surface area (Å²) < 4.78 is 5.61. The molecule has 0 radical (unpaired) electrons. The molecule has 0 aromatic heterocycles. The van der Waals surface area contributed by atoms with Crippen molar-refractivity contribution in [2.75, 3.05) is 33.3 Å². The van der Waals surface area contributed by atoms with Gasteiger partial charge in [-0.05, 0) is 19.8 Å². The van der Waals surface area contributed by atoms with Gasteiger partial charge in [0.1, 0.15) is 6.61 Å². The van der Waals surface area contributed by atoms with E-state index < -0.39 is 5.60 Å². The SMILES string of the molecule is CN(CC1(O)CCCC1)C(=O)COC1(C)CNC1. The number of hydrogen-bond donors (Lipinski definition) is 2. The maximum Gasteiger partial charge on any atom is 0.248 e. The Balaban J connectivity index is 1.74. The molecule has 104 valence electrons. The number of aliphatic hydroxyl groups is 1. The van der Waals surface area contributed by atoms with Gasteiger partial charge in [0.25, 0.3) is 0 Å². The summed E-state index contributed by atoms with van der Waals surface area (Å²) in [5.41, 5.74) is -0.868. The molecule has 5 nitrogen and oxygen atoms in total. The summed E-state index contributed by atoms with van der Waals surface area (Å²) in [6.07, 6.45) is 3.71. The van der Waals surface area contributed by atoms with Crippen molar-refractivity contribution in [2.45, 2.75) is 43.8 Å². The Kier molecular flexibility index (Phi) is 3.94. The Morgan fingerprint density at radius 3 is 2.50 bits per heavy atom. The van der Waals surface area contributed by atoms with Crippen LogP contribution in [-0.4, -0.2) is 60.4 Å². The molecule has 2 fully saturated rings. The van der Waals surface area contributed by atoms with Gasteiger partial charge in [-0.15, -0.1) is 0 Å². The quantitative estimate of drug-likeness (QED) is 0.734. The summed E-state index contributed by atoms with van der Waals surface area (Å²) in [6, 6.07) is 0. The summed E-state index contributed by atoms with van der Waals surface area (Å²) in [5, 5.41) is 13.4. The second-order valence-electron chi connectivity index (χ2n) is 6.02. The van der Waals surface area contributed by atoms with E-state index in [0.29, 0.717) is 6.54 Å². The average molecular weight is 256 g/mol. The average Bonchev–Trinajstić information content (AvgIpc) is 2.70. The largest absolute Gasteiger partial charge is 0.388 e. The Labute approximate surface area is 108 Å². The monoisotopic (exact) mass is 256 g/mol. The van der Waals surface area contributed by atoms with Crippen molar-refractivity contribution < 1.29 is 14.6 Å². The van der Waals surface area contributed by atoms with Crippen molar-refractivity contribution >= 4 is 5.91 Å². The summed E-state index contributed by atoms with van der Waals surface area (Å²) in [5.74, 6) is -0.0524. The van der Waals surface area contributed by atoms with E-state index in [4.69, 9.17) is 4.74 Å². The smallest absolute Gasteiger partial charge is 0.248 e. The fraction of sp³-hybridized carbons (Fsp3) is 0.923. The minimum atomic E-state index is -0.674. The van der Waals surface area contributed by atoms with E-state index in [-0.39, 0.29) is 18.1 Å². The molecule has 1 aliphatic heterocycles. The van der Waals surface area contributed by atoms with Crippen LogP contribution < -0.4 is 5.32 Å². The maximum absolute atomic E-state index is 11.9. The molecule has 0 spiro atoms. The summed E-state index contributed by atoms with van der Waals surface area (Å²) in [6.45, 7) is 4.12. The van der Waals surface area contributed by atoms with Crippen molar-refractivity contribution in [3.8, 4) is 0 Å². The number of ether oxygens (including phenoxy) is 1. The third-order valence-corrected chi connectivity index (χ3v) is 4.03. The van der Waals surface area contributed by atoms with Gasteiger partial charge in [-0.3, -0.25) is 4.79 Å². The first-order chi connectivity index (χ1) is 8.43. The summed E-state index contributed by atoms with van der Waals surface area (Å²) in [4.78, 5) is 13.5. The first kappa shape index (κ1) is 13.8. The molecule has 0 atom stereocenters. The van der Waals surface area contributed by atoms with E-state index in [0.717, 1.165) is 38.8 Å². The fourth-order valence-electron chi connectivity index (χ4n) is 2.65. The number of carbonyl (C=O) groups is 1. The van der Waals surface area contributed by atoms with E-state index in [9.17, 15) is 9.90 Å². The maximum atomic E-state index is 11.9. The first-order valence-corrected chi connectivity index (χ1v) is 6.74. The van der Waals surface area contributed by atoms with Crippen LogP contribution in [0.25, 0.3) is 0 Å². The predicted molar refractivity (Wildman–Crippen MR) is 68.3 cm³/mol. The van der Waals surface area contributed by atoms with Crippen molar-refractivity contribution in [1.82, 2.24) is 10.2 Å². The fourth-order valence-corrected chi connectivity index (χ4v) is 2.65. The first-order valence-electron chi connectivity index (χ1n) is 6.74. The van der Waals surface area contributed by atoms with E-state index in [1.54, 1.807) is 11.9 Å². The second kappa shape index (κ2) is 5.15. The molecule has 18 heavy (non-hydrogen) atoms. The standard InChI is InChI=1S/C13H24N2O3/c1-12(8-14-9-12)18-7-11(16)15(2)10-13(17)5-3-4-6-13/h14,17H,3-10H2,1-2H3. The van der Waals surface area contributed by atoms with Crippen molar-refractivity contribution in [1.29, 1.82) is 0 Å². The van der Waals surface area contributed by atoms with Gasteiger partial charge in [-0.25, -0.2) is 0 Å². The van der Waals surface area contributed by atoms with Crippen LogP contribution in [0.5, 0.6) is 0 Å². The zero-order valence-electron chi connectivity index (χ0n) is 11.4. The molecule has 0 unspecified atom stereocenters. The number of amides is 1. The second-order valence-corrected chi connectivity index (χ2v) is 6.02. The third-order valence-electron chi connectivity index (χ3n) is 4.03. The Morgan fingerprint density at radius 1 is 1.39 bits per heavy atom. The Hall–Kier alpha value is -0.650. The zero-order valence-corrected chi connectivity index (χ0v) is 11.4. The van der Waals surface area contributed by atoms with Crippen LogP contribution in [0.1, 0.15) is 32.6 Å². The van der Waals surface area contributed by atoms with E-state index in [2.05, 4.69) is 5.32 Å². The molecule has 1 saturated heterocycles. The van der Waals surface area contributed by atoms with Gasteiger partial charge in [-0.2, -0.15) is 0 Å². The lowest BCUT2D eigenvalue weighted by molar-refractivity contribution is -0.147. The van der Waals surface area contributed by atoms with Gasteiger partial charge in [0, 0.05) is 26.7 Å². The lowest BCUT2D eigenvalue weighted by Gasteiger charge is -2.39. The molecule has 2 N–H and O–H groups in total. The molecular formula is C13H24N2O3. The van der Waals surface area contributed by atoms with Crippen LogP contribution in [0, 0.1) is 0 Å². The molecule has 1 aliphatic carbocycles. The minimum Gasteiger partial charge on any atom is -0.388 e. The van der Waals surface area contributed by atoms with Crippen LogP contribution >= 0.6 is 0 Å². The van der Waals surface area contributed by atoms with Crippen molar-refractivity contribution in [3.63, 3.8) is 0 Å². The molecule has 1 saturated carbocycles.